The summed E-state index contributed by atoms with van der Waals surface area (Å²) in [6, 6.07) is 17.7. The molecule has 0 aliphatic heterocycles. The number of ether oxygens (including phenoxy) is 1. The smallest absolute Gasteiger partial charge is 0.348 e. The van der Waals surface area contributed by atoms with Crippen molar-refractivity contribution in [2.45, 2.75) is 10.1 Å². The number of oxime groups is 1. The Morgan fingerprint density at radius 1 is 0.885 bits per heavy atom. The fourth-order valence-electron chi connectivity index (χ4n) is 1.86. The Morgan fingerprint density at radius 3 is 2.35 bits per heavy atom. The van der Waals surface area contributed by atoms with Crippen molar-refractivity contribution in [2.75, 3.05) is 0 Å². The van der Waals surface area contributed by atoms with Crippen molar-refractivity contribution in [2.24, 2.45) is 10.1 Å². The van der Waals surface area contributed by atoms with E-state index in [0.29, 0.717) is 16.3 Å². The van der Waals surface area contributed by atoms with E-state index in [0.717, 1.165) is 0 Å². The minimum absolute atomic E-state index is 0.264. The number of hydrogen-bond acceptors (Lipinski definition) is 7. The van der Waals surface area contributed by atoms with Crippen LogP contribution in [0.15, 0.2) is 93.3 Å². The van der Waals surface area contributed by atoms with Gasteiger partial charge in [-0.15, -0.1) is 0 Å². The molecule has 3 aromatic rings. The van der Waals surface area contributed by atoms with E-state index in [-0.39, 0.29) is 5.16 Å². The van der Waals surface area contributed by atoms with Crippen molar-refractivity contribution < 1.29 is 14.1 Å². The van der Waals surface area contributed by atoms with Crippen LogP contribution in [0.25, 0.3) is 0 Å². The van der Waals surface area contributed by atoms with Crippen LogP contribution >= 0.6 is 0 Å². The largest absolute Gasteiger partial charge is 0.604 e. The fraction of sp³-hybridized carbons (Fsp3) is 0. The fourth-order valence-corrected chi connectivity index (χ4v) is 2.77. The molecule has 7 nitrogen and oxygen atoms in total. The molecule has 0 spiro atoms. The number of nitrogens with zero attached hydrogens (tertiary/aromatic N) is 4. The molecule has 1 aromatic heterocycles. The molecule has 26 heavy (non-hydrogen) atoms. The standard InChI is InChI=1S/C18H14N4O3S/c23-26(18-19-11-4-12-20-18)17-9-7-15(8-10-17)21-13-25-22-14-24-16-5-2-1-3-6-16/h1-14H/b21-13+,22-14+. The third-order valence-corrected chi connectivity index (χ3v) is 4.29. The SMILES string of the molecule is [O-][S+](c1ccc(/N=C/O/N=C/Oc2ccccc2)cc1)c1ncccn1. The second-order valence-electron chi connectivity index (χ2n) is 4.78. The summed E-state index contributed by atoms with van der Waals surface area (Å²) in [5, 5.41) is 3.87. The van der Waals surface area contributed by atoms with Gasteiger partial charge in [-0.1, -0.05) is 18.2 Å². The molecule has 0 radical (unpaired) electrons. The van der Waals surface area contributed by atoms with Gasteiger partial charge >= 0.3 is 5.16 Å². The molecule has 2 aromatic carbocycles. The normalized spacial score (nSPS) is 12.3. The predicted molar refractivity (Wildman–Crippen MR) is 97.9 cm³/mol. The van der Waals surface area contributed by atoms with Crippen molar-refractivity contribution in [3.8, 4) is 5.75 Å². The van der Waals surface area contributed by atoms with Gasteiger partial charge in [-0.05, 0) is 47.6 Å². The van der Waals surface area contributed by atoms with Crippen LogP contribution in [0.4, 0.5) is 5.69 Å². The third-order valence-electron chi connectivity index (χ3n) is 3.04. The highest BCUT2D eigenvalue weighted by molar-refractivity contribution is 7.91. The summed E-state index contributed by atoms with van der Waals surface area (Å²) in [7, 11) is 0. The summed E-state index contributed by atoms with van der Waals surface area (Å²) in [6.45, 7) is 0. The Balaban J connectivity index is 1.50. The van der Waals surface area contributed by atoms with E-state index in [1.807, 2.05) is 18.2 Å². The van der Waals surface area contributed by atoms with Gasteiger partial charge in [0, 0.05) is 12.4 Å². The lowest BCUT2D eigenvalue weighted by Gasteiger charge is -2.06. The van der Waals surface area contributed by atoms with Crippen molar-refractivity contribution >= 4 is 29.7 Å². The molecule has 3 rings (SSSR count). The molecule has 1 atom stereocenters. The molecule has 0 saturated carbocycles. The summed E-state index contributed by atoms with van der Waals surface area (Å²) in [6.07, 6.45) is 5.46. The average molecular weight is 366 g/mol. The molecule has 0 aliphatic carbocycles. The van der Waals surface area contributed by atoms with Crippen molar-refractivity contribution in [3.05, 3.63) is 73.1 Å². The lowest BCUT2D eigenvalue weighted by atomic mass is 10.3. The topological polar surface area (TPSA) is 92.0 Å². The predicted octanol–water partition coefficient (Wildman–Crippen LogP) is 3.34. The van der Waals surface area contributed by atoms with Crippen LogP contribution in [0.3, 0.4) is 0 Å². The van der Waals surface area contributed by atoms with Crippen LogP contribution in [0.2, 0.25) is 0 Å². The second-order valence-corrected chi connectivity index (χ2v) is 6.15. The van der Waals surface area contributed by atoms with E-state index in [1.54, 1.807) is 54.9 Å². The van der Waals surface area contributed by atoms with E-state index in [1.165, 1.54) is 12.8 Å². The van der Waals surface area contributed by atoms with Gasteiger partial charge in [0.25, 0.3) is 0 Å². The van der Waals surface area contributed by atoms with E-state index >= 15 is 0 Å². The Labute approximate surface area is 153 Å². The molecule has 0 fully saturated rings. The minimum atomic E-state index is -1.43. The number of aromatic nitrogens is 2. The first-order valence-electron chi connectivity index (χ1n) is 7.54. The zero-order chi connectivity index (χ0) is 18.0. The first-order chi connectivity index (χ1) is 12.8. The van der Waals surface area contributed by atoms with Gasteiger partial charge in [0.2, 0.25) is 12.8 Å². The lowest BCUT2D eigenvalue weighted by Crippen LogP contribution is -2.06. The van der Waals surface area contributed by atoms with Crippen LogP contribution in [-0.4, -0.2) is 27.3 Å². The summed E-state index contributed by atoms with van der Waals surface area (Å²) in [4.78, 5) is 17.5. The molecule has 130 valence electrons. The molecule has 0 N–H and O–H groups in total. The highest BCUT2D eigenvalue weighted by Crippen LogP contribution is 2.20. The average Bonchev–Trinajstić information content (AvgIpc) is 2.72. The number of hydrogen-bond donors (Lipinski definition) is 0. The maximum Gasteiger partial charge on any atom is 0.348 e. The van der Waals surface area contributed by atoms with Crippen molar-refractivity contribution in [1.29, 1.82) is 0 Å². The van der Waals surface area contributed by atoms with Crippen LogP contribution in [0.1, 0.15) is 0 Å². The third kappa shape index (κ3) is 5.13. The summed E-state index contributed by atoms with van der Waals surface area (Å²) in [5.41, 5.74) is 0.624. The molecule has 1 unspecified atom stereocenters. The van der Waals surface area contributed by atoms with Gasteiger partial charge in [0.15, 0.2) is 4.90 Å². The summed E-state index contributed by atoms with van der Waals surface area (Å²) < 4.78 is 17.5. The molecular weight excluding hydrogens is 352 g/mol. The number of rotatable bonds is 7. The Kier molecular flexibility index (Phi) is 6.29. The second kappa shape index (κ2) is 9.30. The molecule has 1 heterocycles. The Morgan fingerprint density at radius 2 is 1.62 bits per heavy atom. The van der Waals surface area contributed by atoms with E-state index in [4.69, 9.17) is 9.57 Å². The Bertz CT molecular complexity index is 859. The van der Waals surface area contributed by atoms with Crippen LogP contribution < -0.4 is 4.74 Å². The summed E-state index contributed by atoms with van der Waals surface area (Å²) in [5.74, 6) is 0.655. The maximum atomic E-state index is 12.3. The van der Waals surface area contributed by atoms with Crippen molar-refractivity contribution in [3.63, 3.8) is 0 Å². The number of benzene rings is 2. The quantitative estimate of drug-likeness (QED) is 0.210. The van der Waals surface area contributed by atoms with Gasteiger partial charge in [0.05, 0.1) is 16.9 Å². The Hall–Kier alpha value is -3.23. The van der Waals surface area contributed by atoms with Gasteiger partial charge in [-0.2, -0.15) is 9.97 Å². The minimum Gasteiger partial charge on any atom is -0.604 e. The zero-order valence-electron chi connectivity index (χ0n) is 13.5. The molecular formula is C18H14N4O3S. The van der Waals surface area contributed by atoms with Crippen LogP contribution in [0, 0.1) is 0 Å². The lowest BCUT2D eigenvalue weighted by molar-refractivity contribution is 0.335. The molecule has 0 bridgehead atoms. The first kappa shape index (κ1) is 17.6. The van der Waals surface area contributed by atoms with Gasteiger partial charge in [-0.3, -0.25) is 0 Å². The van der Waals surface area contributed by atoms with Crippen LogP contribution in [-0.2, 0) is 16.0 Å². The maximum absolute atomic E-state index is 12.3. The molecule has 8 heteroatoms. The highest BCUT2D eigenvalue weighted by Gasteiger charge is 2.17. The monoisotopic (exact) mass is 366 g/mol. The molecule has 0 amide bonds. The van der Waals surface area contributed by atoms with Crippen LogP contribution in [0.5, 0.6) is 5.75 Å². The molecule has 0 saturated heterocycles. The summed E-state index contributed by atoms with van der Waals surface area (Å²) >= 11 is -1.43. The van der Waals surface area contributed by atoms with Gasteiger partial charge < -0.3 is 14.1 Å². The number of aliphatic imine (C=N–C) groups is 1. The number of para-hydroxylation sites is 1. The van der Waals surface area contributed by atoms with E-state index in [9.17, 15) is 4.55 Å². The van der Waals surface area contributed by atoms with Gasteiger partial charge in [0.1, 0.15) is 5.75 Å². The van der Waals surface area contributed by atoms with E-state index < -0.39 is 11.2 Å². The van der Waals surface area contributed by atoms with Gasteiger partial charge in [-0.25, -0.2) is 4.99 Å². The zero-order valence-corrected chi connectivity index (χ0v) is 14.3. The molecule has 0 aliphatic rings. The van der Waals surface area contributed by atoms with E-state index in [2.05, 4.69) is 20.1 Å². The van der Waals surface area contributed by atoms with Crippen molar-refractivity contribution in [1.82, 2.24) is 9.97 Å². The highest BCUT2D eigenvalue weighted by atomic mass is 32.2. The first-order valence-corrected chi connectivity index (χ1v) is 8.69.